The van der Waals surface area contributed by atoms with Crippen molar-refractivity contribution in [1.29, 1.82) is 0 Å². The third kappa shape index (κ3) is 3.99. The first-order valence-corrected chi connectivity index (χ1v) is 6.70. The molecule has 0 saturated carbocycles. The Bertz CT molecular complexity index is 391. The molecule has 1 aliphatic carbocycles. The summed E-state index contributed by atoms with van der Waals surface area (Å²) >= 11 is -0.0205. The number of nitrogens with one attached hydrogen (secondary N) is 1. The smallest absolute Gasteiger partial charge is 1.00 e. The molecule has 1 aromatic rings. The number of H-pyrrole nitrogens is 1. The van der Waals surface area contributed by atoms with E-state index in [9.17, 15) is 0 Å². The molecule has 1 nitrogen and oxygen atoms in total. The van der Waals surface area contributed by atoms with Crippen LogP contribution in [-0.2, 0) is 19.2 Å². The van der Waals surface area contributed by atoms with Crippen LogP contribution in [0, 0.1) is 0 Å². The molecule has 1 heterocycles. The van der Waals surface area contributed by atoms with Crippen LogP contribution in [-0.4, -0.2) is 4.98 Å². The Kier molecular flexibility index (Phi) is 7.87. The second-order valence-corrected chi connectivity index (χ2v) is 5.18. The van der Waals surface area contributed by atoms with Gasteiger partial charge >= 0.3 is 93.6 Å². The van der Waals surface area contributed by atoms with Gasteiger partial charge in [-0.15, -0.1) is 0 Å². The van der Waals surface area contributed by atoms with Gasteiger partial charge in [-0.2, -0.15) is 0 Å². The predicted molar refractivity (Wildman–Crippen MR) is 56.2 cm³/mol. The van der Waals surface area contributed by atoms with Crippen LogP contribution in [0.3, 0.4) is 0 Å². The summed E-state index contributed by atoms with van der Waals surface area (Å²) in [6, 6.07) is 4.27. The van der Waals surface area contributed by atoms with Gasteiger partial charge in [0.25, 0.3) is 0 Å². The van der Waals surface area contributed by atoms with E-state index in [1.165, 1.54) is 19.9 Å². The normalized spacial score (nSPS) is 15.1. The Balaban J connectivity index is 0.00000112. The summed E-state index contributed by atoms with van der Waals surface area (Å²) < 4.78 is 2.68. The van der Waals surface area contributed by atoms with Gasteiger partial charge in [-0.3, -0.25) is 0 Å². The van der Waals surface area contributed by atoms with Crippen molar-refractivity contribution in [1.82, 2.24) is 4.98 Å². The molecule has 84 valence electrons. The summed E-state index contributed by atoms with van der Waals surface area (Å²) in [5.41, 5.74) is 2.91. The molecule has 0 aliphatic heterocycles. The van der Waals surface area contributed by atoms with Gasteiger partial charge in [0, 0.05) is 0 Å². The van der Waals surface area contributed by atoms with Gasteiger partial charge in [0.1, 0.15) is 0 Å². The van der Waals surface area contributed by atoms with Crippen LogP contribution in [0.2, 0.25) is 4.73 Å². The van der Waals surface area contributed by atoms with Gasteiger partial charge in [-0.25, -0.2) is 0 Å². The minimum Gasteiger partial charge on any atom is -1.00 e. The zero-order chi connectivity index (χ0) is 9.80. The average molecular weight is 290 g/mol. The third-order valence-electron chi connectivity index (χ3n) is 2.32. The van der Waals surface area contributed by atoms with E-state index in [4.69, 9.17) is 0 Å². The first-order valence-electron chi connectivity index (χ1n) is 4.81. The minimum atomic E-state index is -0.0205. The fraction of sp³-hybridized carbons (Fsp3) is 0.167. The summed E-state index contributed by atoms with van der Waals surface area (Å²) in [7, 11) is 0. The van der Waals surface area contributed by atoms with Gasteiger partial charge < -0.3 is 24.8 Å². The molecule has 16 heavy (non-hydrogen) atoms. The maximum absolute atomic E-state index is 3.28. The summed E-state index contributed by atoms with van der Waals surface area (Å²) in [6.07, 6.45) is 10.8. The second-order valence-electron chi connectivity index (χ2n) is 3.23. The van der Waals surface area contributed by atoms with Crippen LogP contribution in [0.4, 0.5) is 0 Å². The van der Waals surface area contributed by atoms with E-state index in [-0.39, 0.29) is 44.0 Å². The van der Waals surface area contributed by atoms with Crippen LogP contribution in [0.5, 0.6) is 0 Å². The summed E-state index contributed by atoms with van der Waals surface area (Å²) in [4.78, 5) is 3.28. The molecule has 0 amide bonds. The van der Waals surface area contributed by atoms with E-state index in [2.05, 4.69) is 48.3 Å². The standard InChI is InChI=1S/C8H9.C4H4N.2ClH.Ti/c1-3-8-6-4-5-7(8)2;1-2-4-5-3-1;;;/h3-6H,2H2,1H3;1-3,5H;2*1H;/q;;;;+2/p-2. The van der Waals surface area contributed by atoms with Crippen molar-refractivity contribution in [2.24, 2.45) is 0 Å². The van der Waals surface area contributed by atoms with Crippen LogP contribution in [0.15, 0.2) is 53.8 Å². The van der Waals surface area contributed by atoms with E-state index in [0.29, 0.717) is 0 Å². The fourth-order valence-electron chi connectivity index (χ4n) is 1.54. The Morgan fingerprint density at radius 3 is 2.81 bits per heavy atom. The van der Waals surface area contributed by atoms with Crippen molar-refractivity contribution >= 4 is 4.00 Å². The molecule has 0 aromatic carbocycles. The minimum absolute atomic E-state index is 0. The maximum atomic E-state index is 3.28. The van der Waals surface area contributed by atoms with Crippen LogP contribution in [0.25, 0.3) is 0 Å². The van der Waals surface area contributed by atoms with Crippen molar-refractivity contribution in [2.75, 3.05) is 0 Å². The molecule has 0 saturated heterocycles. The molecule has 1 aromatic heterocycles. The van der Waals surface area contributed by atoms with Gasteiger partial charge in [0.2, 0.25) is 0 Å². The molecule has 0 spiro atoms. The molecule has 0 radical (unpaired) electrons. The van der Waals surface area contributed by atoms with Crippen molar-refractivity contribution in [2.45, 2.75) is 11.6 Å². The maximum Gasteiger partial charge on any atom is -1.00 e. The number of aromatic nitrogens is 1. The van der Waals surface area contributed by atoms with E-state index < -0.39 is 0 Å². The SMILES string of the molecule is CC=C1C=CC=C1[CH2][Ti+2][c]1ccc[nH]1.[Cl-].[Cl-]. The summed E-state index contributed by atoms with van der Waals surface area (Å²) in [5, 5.41) is 0. The van der Waals surface area contributed by atoms with Crippen molar-refractivity contribution in [3.8, 4) is 0 Å². The first-order chi connectivity index (χ1) is 6.90. The van der Waals surface area contributed by atoms with Crippen LogP contribution in [0.1, 0.15) is 6.92 Å². The molecule has 1 N–H and O–H groups in total. The number of hydrogen-bond donors (Lipinski definition) is 1. The topological polar surface area (TPSA) is 15.8 Å². The largest absolute Gasteiger partial charge is 1.00 e. The number of allylic oxidation sites excluding steroid dienone is 6. The van der Waals surface area contributed by atoms with Crippen LogP contribution < -0.4 is 28.8 Å². The van der Waals surface area contributed by atoms with E-state index >= 15 is 0 Å². The third-order valence-corrected chi connectivity index (χ3v) is 4.27. The van der Waals surface area contributed by atoms with Gasteiger partial charge in [-0.05, 0) is 0 Å². The van der Waals surface area contributed by atoms with Crippen molar-refractivity contribution in [3.63, 3.8) is 0 Å². The van der Waals surface area contributed by atoms with E-state index in [1.54, 1.807) is 0 Å². The molecule has 0 fully saturated rings. The predicted octanol–water partition coefficient (Wildman–Crippen LogP) is -3.41. The Hall–Kier alpha value is -0.206. The zero-order valence-electron chi connectivity index (χ0n) is 9.00. The number of rotatable bonds is 3. The monoisotopic (exact) mass is 289 g/mol. The molecule has 0 bridgehead atoms. The number of aromatic amines is 1. The van der Waals surface area contributed by atoms with Gasteiger partial charge in [0.05, 0.1) is 0 Å². The zero-order valence-corrected chi connectivity index (χ0v) is 12.1. The van der Waals surface area contributed by atoms with Crippen molar-refractivity contribution in [3.05, 3.63) is 53.8 Å². The number of hydrogen-bond acceptors (Lipinski definition) is 0. The van der Waals surface area contributed by atoms with Crippen molar-refractivity contribution < 1.29 is 44.0 Å². The molecule has 4 heteroatoms. The molecule has 2 rings (SSSR count). The van der Waals surface area contributed by atoms with Gasteiger partial charge in [0.15, 0.2) is 0 Å². The quantitative estimate of drug-likeness (QED) is 0.559. The number of halogens is 2. The molecular formula is C12H13Cl2NTi. The average Bonchev–Trinajstić information content (AvgIpc) is 2.85. The van der Waals surface area contributed by atoms with Crippen LogP contribution >= 0.6 is 0 Å². The van der Waals surface area contributed by atoms with Gasteiger partial charge in [-0.1, -0.05) is 0 Å². The molecule has 0 atom stereocenters. The molecule has 1 aliphatic rings. The van der Waals surface area contributed by atoms with E-state index in [1.807, 2.05) is 6.20 Å². The summed E-state index contributed by atoms with van der Waals surface area (Å²) in [6.45, 7) is 2.10. The Morgan fingerprint density at radius 2 is 2.19 bits per heavy atom. The molecule has 0 unspecified atom stereocenters. The second kappa shape index (κ2) is 7.97. The molecular weight excluding hydrogens is 277 g/mol. The first kappa shape index (κ1) is 15.8. The van der Waals surface area contributed by atoms with E-state index in [0.717, 1.165) is 0 Å². The summed E-state index contributed by atoms with van der Waals surface area (Å²) in [5.74, 6) is 0. The fourth-order valence-corrected chi connectivity index (χ4v) is 3.27. The Labute approximate surface area is 118 Å². The Morgan fingerprint density at radius 1 is 1.38 bits per heavy atom.